The number of ether oxygens (including phenoxy) is 1. The molecule has 0 heterocycles. The van der Waals surface area contributed by atoms with Crippen LogP contribution in [0.25, 0.3) is 0 Å². The zero-order valence-corrected chi connectivity index (χ0v) is 14.2. The van der Waals surface area contributed by atoms with Crippen LogP contribution in [0.1, 0.15) is 35.4 Å². The predicted octanol–water partition coefficient (Wildman–Crippen LogP) is 3.60. The van der Waals surface area contributed by atoms with Gasteiger partial charge in [-0.05, 0) is 48.1 Å². The maximum Gasteiger partial charge on any atom is 0.411 e. The standard InChI is InChI=1S/C20H22N2O3/c1-25-20(24)22-16-11-9-14(10-12-16)13-21-19(23)18-8-4-6-15-5-2-3-7-17(15)18/h2-3,5,7,9-12,18H,4,6,8,13H2,1H3,(H,21,23)(H,22,24). The molecule has 5 heteroatoms. The molecule has 130 valence electrons. The van der Waals surface area contributed by atoms with Crippen LogP contribution in [-0.4, -0.2) is 19.1 Å². The minimum atomic E-state index is -0.503. The van der Waals surface area contributed by atoms with Gasteiger partial charge >= 0.3 is 6.09 Å². The van der Waals surface area contributed by atoms with Crippen molar-refractivity contribution in [3.05, 3.63) is 65.2 Å². The van der Waals surface area contributed by atoms with Gasteiger partial charge in [0.15, 0.2) is 0 Å². The fourth-order valence-electron chi connectivity index (χ4n) is 3.21. The number of carbonyl (C=O) groups is 2. The minimum absolute atomic E-state index is 0.0646. The number of hydrogen-bond acceptors (Lipinski definition) is 3. The number of anilines is 1. The summed E-state index contributed by atoms with van der Waals surface area (Å²) in [4.78, 5) is 23.8. The maximum atomic E-state index is 12.6. The Morgan fingerprint density at radius 2 is 1.88 bits per heavy atom. The summed E-state index contributed by atoms with van der Waals surface area (Å²) in [5.41, 5.74) is 4.08. The van der Waals surface area contributed by atoms with Crippen LogP contribution in [0.15, 0.2) is 48.5 Å². The van der Waals surface area contributed by atoms with Crippen LogP contribution >= 0.6 is 0 Å². The SMILES string of the molecule is COC(=O)Nc1ccc(CNC(=O)C2CCCc3ccccc32)cc1. The van der Waals surface area contributed by atoms with Crippen LogP contribution in [0, 0.1) is 0 Å². The van der Waals surface area contributed by atoms with Gasteiger partial charge in [0.2, 0.25) is 5.91 Å². The summed E-state index contributed by atoms with van der Waals surface area (Å²) in [6.45, 7) is 0.468. The third-order valence-electron chi connectivity index (χ3n) is 4.54. The molecule has 0 spiro atoms. The summed E-state index contributed by atoms with van der Waals surface area (Å²) < 4.78 is 4.55. The highest BCUT2D eigenvalue weighted by atomic mass is 16.5. The summed E-state index contributed by atoms with van der Waals surface area (Å²) >= 11 is 0. The van der Waals surface area contributed by atoms with Gasteiger partial charge in [0.1, 0.15) is 0 Å². The zero-order chi connectivity index (χ0) is 17.6. The summed E-state index contributed by atoms with van der Waals surface area (Å²) in [6.07, 6.45) is 2.49. The van der Waals surface area contributed by atoms with Gasteiger partial charge in [-0.3, -0.25) is 10.1 Å². The molecule has 0 saturated heterocycles. The van der Waals surface area contributed by atoms with Gasteiger partial charge in [-0.25, -0.2) is 4.79 Å². The molecule has 0 bridgehead atoms. The smallest absolute Gasteiger partial charge is 0.411 e. The Kier molecular flexibility index (Phi) is 5.33. The van der Waals surface area contributed by atoms with Crippen molar-refractivity contribution in [2.45, 2.75) is 31.7 Å². The molecular weight excluding hydrogens is 316 g/mol. The van der Waals surface area contributed by atoms with Gasteiger partial charge in [0.05, 0.1) is 13.0 Å². The first-order valence-corrected chi connectivity index (χ1v) is 8.47. The summed E-state index contributed by atoms with van der Waals surface area (Å²) in [5.74, 6) is 0.00845. The second-order valence-electron chi connectivity index (χ2n) is 6.17. The fourth-order valence-corrected chi connectivity index (χ4v) is 3.21. The van der Waals surface area contributed by atoms with Crippen LogP contribution < -0.4 is 10.6 Å². The molecule has 0 fully saturated rings. The predicted molar refractivity (Wildman–Crippen MR) is 96.4 cm³/mol. The van der Waals surface area contributed by atoms with E-state index in [0.29, 0.717) is 12.2 Å². The van der Waals surface area contributed by atoms with Crippen LogP contribution in [0.3, 0.4) is 0 Å². The van der Waals surface area contributed by atoms with Crippen molar-refractivity contribution in [1.82, 2.24) is 5.32 Å². The van der Waals surface area contributed by atoms with E-state index in [4.69, 9.17) is 0 Å². The van der Waals surface area contributed by atoms with Crippen molar-refractivity contribution < 1.29 is 14.3 Å². The number of aryl methyl sites for hydroxylation is 1. The first kappa shape index (κ1) is 17.0. The Morgan fingerprint density at radius 3 is 2.64 bits per heavy atom. The van der Waals surface area contributed by atoms with Crippen LogP contribution in [0.5, 0.6) is 0 Å². The molecule has 1 aliphatic rings. The molecule has 2 amide bonds. The van der Waals surface area contributed by atoms with E-state index in [1.807, 2.05) is 24.3 Å². The lowest BCUT2D eigenvalue weighted by Crippen LogP contribution is -2.31. The van der Waals surface area contributed by atoms with Gasteiger partial charge in [0, 0.05) is 12.2 Å². The van der Waals surface area contributed by atoms with Crippen molar-refractivity contribution in [2.75, 3.05) is 12.4 Å². The Balaban J connectivity index is 1.59. The molecule has 2 N–H and O–H groups in total. The van der Waals surface area contributed by atoms with E-state index in [1.165, 1.54) is 12.7 Å². The van der Waals surface area contributed by atoms with Crippen molar-refractivity contribution in [2.24, 2.45) is 0 Å². The molecule has 0 radical (unpaired) electrons. The molecule has 0 saturated carbocycles. The molecule has 1 aliphatic carbocycles. The number of fused-ring (bicyclic) bond motifs is 1. The minimum Gasteiger partial charge on any atom is -0.453 e. The summed E-state index contributed by atoms with van der Waals surface area (Å²) in [5, 5.41) is 5.63. The lowest BCUT2D eigenvalue weighted by molar-refractivity contribution is -0.123. The number of methoxy groups -OCH3 is 1. The second kappa shape index (κ2) is 7.83. The van der Waals surface area contributed by atoms with Gasteiger partial charge in [-0.15, -0.1) is 0 Å². The first-order valence-electron chi connectivity index (χ1n) is 8.47. The van der Waals surface area contributed by atoms with E-state index in [0.717, 1.165) is 30.4 Å². The van der Waals surface area contributed by atoms with Crippen molar-refractivity contribution in [3.63, 3.8) is 0 Å². The number of carbonyl (C=O) groups excluding carboxylic acids is 2. The Bertz CT molecular complexity index is 756. The second-order valence-corrected chi connectivity index (χ2v) is 6.17. The van der Waals surface area contributed by atoms with E-state index >= 15 is 0 Å². The molecular formula is C20H22N2O3. The highest BCUT2D eigenvalue weighted by Crippen LogP contribution is 2.31. The summed E-state index contributed by atoms with van der Waals surface area (Å²) in [7, 11) is 1.32. The van der Waals surface area contributed by atoms with Crippen LogP contribution in [0.2, 0.25) is 0 Å². The van der Waals surface area contributed by atoms with Crippen LogP contribution in [-0.2, 0) is 22.5 Å². The number of nitrogens with one attached hydrogen (secondary N) is 2. The van der Waals surface area contributed by atoms with E-state index in [-0.39, 0.29) is 11.8 Å². The van der Waals surface area contributed by atoms with Gasteiger partial charge in [-0.2, -0.15) is 0 Å². The van der Waals surface area contributed by atoms with Crippen molar-refractivity contribution in [3.8, 4) is 0 Å². The molecule has 0 aromatic heterocycles. The number of hydrogen-bond donors (Lipinski definition) is 2. The maximum absolute atomic E-state index is 12.6. The number of rotatable bonds is 4. The molecule has 1 unspecified atom stereocenters. The molecule has 25 heavy (non-hydrogen) atoms. The topological polar surface area (TPSA) is 67.4 Å². The third kappa shape index (κ3) is 4.18. The lowest BCUT2D eigenvalue weighted by Gasteiger charge is -2.24. The average Bonchev–Trinajstić information content (AvgIpc) is 2.66. The van der Waals surface area contributed by atoms with Crippen molar-refractivity contribution >= 4 is 17.7 Å². The molecule has 1 atom stereocenters. The summed E-state index contributed by atoms with van der Waals surface area (Å²) in [6, 6.07) is 15.5. The number of amides is 2. The Morgan fingerprint density at radius 1 is 1.12 bits per heavy atom. The molecule has 2 aromatic rings. The highest BCUT2D eigenvalue weighted by Gasteiger charge is 2.25. The highest BCUT2D eigenvalue weighted by molar-refractivity contribution is 5.85. The normalized spacial score (nSPS) is 15.8. The van der Waals surface area contributed by atoms with E-state index < -0.39 is 6.09 Å². The molecule has 2 aromatic carbocycles. The monoisotopic (exact) mass is 338 g/mol. The Labute approximate surface area is 147 Å². The van der Waals surface area contributed by atoms with E-state index in [9.17, 15) is 9.59 Å². The lowest BCUT2D eigenvalue weighted by atomic mass is 9.82. The molecule has 0 aliphatic heterocycles. The van der Waals surface area contributed by atoms with Gasteiger partial charge in [0.25, 0.3) is 0 Å². The largest absolute Gasteiger partial charge is 0.453 e. The average molecular weight is 338 g/mol. The van der Waals surface area contributed by atoms with Gasteiger partial charge < -0.3 is 10.1 Å². The third-order valence-corrected chi connectivity index (χ3v) is 4.54. The van der Waals surface area contributed by atoms with E-state index in [1.54, 1.807) is 12.1 Å². The first-order chi connectivity index (χ1) is 12.2. The van der Waals surface area contributed by atoms with E-state index in [2.05, 4.69) is 27.5 Å². The van der Waals surface area contributed by atoms with Gasteiger partial charge in [-0.1, -0.05) is 36.4 Å². The molecule has 5 nitrogen and oxygen atoms in total. The Hall–Kier alpha value is -2.82. The number of benzene rings is 2. The zero-order valence-electron chi connectivity index (χ0n) is 14.2. The molecule has 3 rings (SSSR count). The van der Waals surface area contributed by atoms with Crippen molar-refractivity contribution in [1.29, 1.82) is 0 Å². The van der Waals surface area contributed by atoms with Crippen LogP contribution in [0.4, 0.5) is 10.5 Å². The fraction of sp³-hybridized carbons (Fsp3) is 0.300. The quantitative estimate of drug-likeness (QED) is 0.895.